The van der Waals surface area contributed by atoms with E-state index >= 15 is 0 Å². The highest BCUT2D eigenvalue weighted by Gasteiger charge is 2.49. The lowest BCUT2D eigenvalue weighted by Gasteiger charge is -2.38. The molecular formula is C10H14N2O3. The van der Waals surface area contributed by atoms with E-state index in [1.165, 1.54) is 4.90 Å². The molecule has 0 aromatic carbocycles. The zero-order valence-corrected chi connectivity index (χ0v) is 8.56. The number of nitrogens with zero attached hydrogens (tertiary/aromatic N) is 1. The Morgan fingerprint density at radius 1 is 1.60 bits per heavy atom. The third kappa shape index (κ3) is 1.38. The first-order valence-corrected chi connectivity index (χ1v) is 4.99. The van der Waals surface area contributed by atoms with Crippen molar-refractivity contribution in [3.8, 4) is 0 Å². The molecule has 0 unspecified atom stereocenters. The molecule has 2 rings (SSSR count). The summed E-state index contributed by atoms with van der Waals surface area (Å²) in [4.78, 5) is 23.9. The van der Waals surface area contributed by atoms with E-state index in [0.717, 1.165) is 12.0 Å². The van der Waals surface area contributed by atoms with Crippen LogP contribution < -0.4 is 5.32 Å². The zero-order chi connectivity index (χ0) is 11.2. The number of hydrogen-bond acceptors (Lipinski definition) is 2. The van der Waals surface area contributed by atoms with Crippen LogP contribution in [-0.2, 0) is 4.79 Å². The highest BCUT2D eigenvalue weighted by atomic mass is 16.4. The summed E-state index contributed by atoms with van der Waals surface area (Å²) in [6.07, 6.45) is 0.336. The highest BCUT2D eigenvalue weighted by molar-refractivity contribution is 5.88. The van der Waals surface area contributed by atoms with Crippen LogP contribution in [0, 0.1) is 0 Å². The summed E-state index contributed by atoms with van der Waals surface area (Å²) >= 11 is 0. The second-order valence-electron chi connectivity index (χ2n) is 4.18. The molecular weight excluding hydrogens is 196 g/mol. The van der Waals surface area contributed by atoms with Crippen molar-refractivity contribution in [3.63, 3.8) is 0 Å². The molecule has 0 radical (unpaired) electrons. The third-order valence-corrected chi connectivity index (χ3v) is 3.17. The standard InChI is InChI=1S/C10H14N2O3/c1-5(2)8-6-3-4-7(9(13)11-8)12(6)10(14)15/h6-8H,1,3-4H2,2H3,(H,11,13)(H,14,15)/t6-,7+,8+/m0/s1. The number of rotatable bonds is 1. The SMILES string of the molecule is C=C(C)[C@H]1NC(=O)[C@H]2CC[C@@H]1N2C(=O)O. The summed E-state index contributed by atoms with van der Waals surface area (Å²) in [5.74, 6) is -0.195. The Labute approximate surface area is 87.7 Å². The molecule has 3 atom stereocenters. The van der Waals surface area contributed by atoms with E-state index in [2.05, 4.69) is 11.9 Å². The summed E-state index contributed by atoms with van der Waals surface area (Å²) in [5, 5.41) is 11.9. The van der Waals surface area contributed by atoms with Crippen molar-refractivity contribution >= 4 is 12.0 Å². The molecule has 2 bridgehead atoms. The average Bonchev–Trinajstić information content (AvgIpc) is 2.50. The molecule has 2 heterocycles. The lowest BCUT2D eigenvalue weighted by Crippen LogP contribution is -2.62. The lowest BCUT2D eigenvalue weighted by molar-refractivity contribution is -0.128. The van der Waals surface area contributed by atoms with Gasteiger partial charge in [-0.15, -0.1) is 0 Å². The topological polar surface area (TPSA) is 69.6 Å². The van der Waals surface area contributed by atoms with Crippen molar-refractivity contribution in [3.05, 3.63) is 12.2 Å². The number of nitrogens with one attached hydrogen (secondary N) is 1. The highest BCUT2D eigenvalue weighted by Crippen LogP contribution is 2.32. The fraction of sp³-hybridized carbons (Fsp3) is 0.600. The van der Waals surface area contributed by atoms with Crippen LogP contribution in [0.3, 0.4) is 0 Å². The minimum Gasteiger partial charge on any atom is -0.465 e. The van der Waals surface area contributed by atoms with Gasteiger partial charge in [0.2, 0.25) is 5.91 Å². The Balaban J connectivity index is 2.32. The molecule has 2 saturated heterocycles. The monoisotopic (exact) mass is 210 g/mol. The number of carbonyl (C=O) groups is 2. The summed E-state index contributed by atoms with van der Waals surface area (Å²) in [5.41, 5.74) is 0.806. The maximum absolute atomic E-state index is 11.6. The Bertz CT molecular complexity index is 340. The van der Waals surface area contributed by atoms with Gasteiger partial charge in [0.05, 0.1) is 12.1 Å². The van der Waals surface area contributed by atoms with E-state index in [0.29, 0.717) is 6.42 Å². The molecule has 0 aliphatic carbocycles. The summed E-state index contributed by atoms with van der Waals surface area (Å²) in [6, 6.07) is -0.863. The van der Waals surface area contributed by atoms with Gasteiger partial charge in [-0.1, -0.05) is 12.2 Å². The van der Waals surface area contributed by atoms with E-state index < -0.39 is 12.1 Å². The van der Waals surface area contributed by atoms with Crippen LogP contribution in [0.2, 0.25) is 0 Å². The second-order valence-corrected chi connectivity index (χ2v) is 4.18. The van der Waals surface area contributed by atoms with Crippen LogP contribution in [-0.4, -0.2) is 40.1 Å². The second kappa shape index (κ2) is 3.25. The number of piperazine rings is 1. The van der Waals surface area contributed by atoms with Gasteiger partial charge in [0.1, 0.15) is 6.04 Å². The molecule has 15 heavy (non-hydrogen) atoms. The van der Waals surface area contributed by atoms with Crippen LogP contribution in [0.5, 0.6) is 0 Å². The molecule has 0 spiro atoms. The number of carbonyl (C=O) groups excluding carboxylic acids is 1. The average molecular weight is 210 g/mol. The van der Waals surface area contributed by atoms with E-state index in [4.69, 9.17) is 5.11 Å². The molecule has 5 heteroatoms. The van der Waals surface area contributed by atoms with E-state index in [9.17, 15) is 9.59 Å². The summed E-state index contributed by atoms with van der Waals surface area (Å²) in [7, 11) is 0. The first-order chi connectivity index (χ1) is 7.02. The molecule has 5 nitrogen and oxygen atoms in total. The largest absolute Gasteiger partial charge is 0.465 e. The lowest BCUT2D eigenvalue weighted by atomic mass is 9.99. The fourth-order valence-corrected chi connectivity index (χ4v) is 2.50. The van der Waals surface area contributed by atoms with Crippen LogP contribution in [0.25, 0.3) is 0 Å². The van der Waals surface area contributed by atoms with Gasteiger partial charge in [0.15, 0.2) is 0 Å². The molecule has 2 amide bonds. The van der Waals surface area contributed by atoms with Crippen molar-refractivity contribution in [1.29, 1.82) is 0 Å². The van der Waals surface area contributed by atoms with Crippen molar-refractivity contribution in [2.75, 3.05) is 0 Å². The smallest absolute Gasteiger partial charge is 0.408 e. The molecule has 0 aromatic rings. The van der Waals surface area contributed by atoms with E-state index in [-0.39, 0.29) is 18.0 Å². The Hall–Kier alpha value is -1.52. The number of amides is 2. The summed E-state index contributed by atoms with van der Waals surface area (Å²) < 4.78 is 0. The number of fused-ring (bicyclic) bond motifs is 2. The first-order valence-electron chi connectivity index (χ1n) is 4.99. The van der Waals surface area contributed by atoms with Crippen LogP contribution in [0.4, 0.5) is 4.79 Å². The van der Waals surface area contributed by atoms with Gasteiger partial charge in [-0.2, -0.15) is 0 Å². The van der Waals surface area contributed by atoms with Crippen LogP contribution in [0.1, 0.15) is 19.8 Å². The quantitative estimate of drug-likeness (QED) is 0.622. The Morgan fingerprint density at radius 3 is 2.80 bits per heavy atom. The van der Waals surface area contributed by atoms with Gasteiger partial charge < -0.3 is 10.4 Å². The molecule has 2 N–H and O–H groups in total. The first kappa shape index (κ1) is 10.0. The number of hydrogen-bond donors (Lipinski definition) is 2. The normalized spacial score (nSPS) is 33.8. The molecule has 0 aromatic heterocycles. The molecule has 0 saturated carbocycles. The molecule has 82 valence electrons. The molecule has 2 fully saturated rings. The van der Waals surface area contributed by atoms with Crippen LogP contribution in [0.15, 0.2) is 12.2 Å². The fourth-order valence-electron chi connectivity index (χ4n) is 2.50. The van der Waals surface area contributed by atoms with Crippen molar-refractivity contribution < 1.29 is 14.7 Å². The van der Waals surface area contributed by atoms with Gasteiger partial charge in [-0.25, -0.2) is 4.79 Å². The predicted octanol–water partition coefficient (Wildman–Crippen LogP) is 0.572. The van der Waals surface area contributed by atoms with E-state index in [1.54, 1.807) is 0 Å². The third-order valence-electron chi connectivity index (χ3n) is 3.17. The summed E-state index contributed by atoms with van der Waals surface area (Å²) in [6.45, 7) is 5.60. The van der Waals surface area contributed by atoms with Crippen molar-refractivity contribution in [2.24, 2.45) is 0 Å². The van der Waals surface area contributed by atoms with Gasteiger partial charge in [0.25, 0.3) is 0 Å². The van der Waals surface area contributed by atoms with Crippen molar-refractivity contribution in [1.82, 2.24) is 10.2 Å². The predicted molar refractivity (Wildman–Crippen MR) is 53.4 cm³/mol. The van der Waals surface area contributed by atoms with Crippen molar-refractivity contribution in [2.45, 2.75) is 37.9 Å². The molecule has 2 aliphatic rings. The Kier molecular flexibility index (Phi) is 2.17. The molecule has 2 aliphatic heterocycles. The maximum Gasteiger partial charge on any atom is 0.408 e. The minimum absolute atomic E-state index is 0.136. The Morgan fingerprint density at radius 2 is 2.27 bits per heavy atom. The van der Waals surface area contributed by atoms with Gasteiger partial charge in [0, 0.05) is 0 Å². The number of carboxylic acid groups (broad SMARTS) is 1. The zero-order valence-electron chi connectivity index (χ0n) is 8.56. The maximum atomic E-state index is 11.6. The minimum atomic E-state index is -1.01. The van der Waals surface area contributed by atoms with E-state index in [1.807, 2.05) is 6.92 Å². The van der Waals surface area contributed by atoms with Gasteiger partial charge in [-0.05, 0) is 19.8 Å². The van der Waals surface area contributed by atoms with Crippen LogP contribution >= 0.6 is 0 Å². The van der Waals surface area contributed by atoms with Gasteiger partial charge >= 0.3 is 6.09 Å². The van der Waals surface area contributed by atoms with Gasteiger partial charge in [-0.3, -0.25) is 9.69 Å².